The third-order valence-electron chi connectivity index (χ3n) is 5.26. The number of morpholine rings is 1. The second-order valence-electron chi connectivity index (χ2n) is 7.53. The lowest BCUT2D eigenvalue weighted by atomic mass is 10.2. The summed E-state index contributed by atoms with van der Waals surface area (Å²) in [4.78, 5) is 13.4. The Balaban J connectivity index is 1.59. The Bertz CT molecular complexity index is 979. The van der Waals surface area contributed by atoms with Crippen molar-refractivity contribution in [2.75, 3.05) is 31.1 Å². The van der Waals surface area contributed by atoms with E-state index in [4.69, 9.17) is 4.74 Å². The lowest BCUT2D eigenvalue weighted by Gasteiger charge is -2.32. The smallest absolute Gasteiger partial charge is 0.227 e. The summed E-state index contributed by atoms with van der Waals surface area (Å²) in [7, 11) is 0. The molecule has 1 fully saturated rings. The number of amides is 1. The molecule has 0 aliphatic carbocycles. The van der Waals surface area contributed by atoms with E-state index in [0.717, 1.165) is 37.8 Å². The van der Waals surface area contributed by atoms with Crippen molar-refractivity contribution >= 4 is 22.8 Å². The number of hydrogen-bond acceptors (Lipinski definition) is 5. The van der Waals surface area contributed by atoms with Gasteiger partial charge in [0.1, 0.15) is 0 Å². The van der Waals surface area contributed by atoms with E-state index in [1.807, 2.05) is 0 Å². The van der Waals surface area contributed by atoms with Gasteiger partial charge in [-0.3, -0.25) is 9.36 Å². The van der Waals surface area contributed by atoms with Crippen LogP contribution in [0.25, 0.3) is 10.9 Å². The van der Waals surface area contributed by atoms with Crippen molar-refractivity contribution in [2.45, 2.75) is 39.5 Å². The number of anilines is 1. The Morgan fingerprint density at radius 2 is 2.14 bits per heavy atom. The summed E-state index contributed by atoms with van der Waals surface area (Å²) in [6.45, 7) is 7.97. The van der Waals surface area contributed by atoms with Crippen molar-refractivity contribution in [3.05, 3.63) is 42.4 Å². The summed E-state index contributed by atoms with van der Waals surface area (Å²) in [5, 5.41) is 13.2. The second-order valence-corrected chi connectivity index (χ2v) is 7.53. The van der Waals surface area contributed by atoms with Crippen molar-refractivity contribution in [3.8, 4) is 0 Å². The first-order valence-corrected chi connectivity index (χ1v) is 10.2. The molecule has 0 spiro atoms. The van der Waals surface area contributed by atoms with Gasteiger partial charge in [0.05, 0.1) is 19.3 Å². The van der Waals surface area contributed by atoms with Gasteiger partial charge in [-0.25, -0.2) is 0 Å². The van der Waals surface area contributed by atoms with Crippen LogP contribution in [0.1, 0.15) is 26.1 Å². The summed E-state index contributed by atoms with van der Waals surface area (Å²) in [5.41, 5.74) is 1.18. The van der Waals surface area contributed by atoms with E-state index >= 15 is 0 Å². The minimum Gasteiger partial charge on any atom is -0.375 e. The Morgan fingerprint density at radius 1 is 1.28 bits per heavy atom. The molecule has 2 aromatic heterocycles. The number of fused-ring (bicyclic) bond motifs is 1. The zero-order valence-electron chi connectivity index (χ0n) is 17.0. The number of aromatic nitrogens is 4. The van der Waals surface area contributed by atoms with E-state index < -0.39 is 0 Å². The fraction of sp³-hybridized carbons (Fsp3) is 0.476. The maximum atomic E-state index is 11.2. The molecule has 1 saturated heterocycles. The normalized spacial score (nSPS) is 17.0. The largest absolute Gasteiger partial charge is 0.375 e. The molecule has 0 bridgehead atoms. The highest BCUT2D eigenvalue weighted by atomic mass is 16.5. The molecule has 3 heterocycles. The van der Waals surface area contributed by atoms with Crippen LogP contribution in [0.2, 0.25) is 0 Å². The van der Waals surface area contributed by atoms with Crippen LogP contribution >= 0.6 is 0 Å². The van der Waals surface area contributed by atoms with E-state index in [1.165, 1.54) is 10.9 Å². The highest BCUT2D eigenvalue weighted by Crippen LogP contribution is 2.21. The van der Waals surface area contributed by atoms with E-state index in [9.17, 15) is 4.79 Å². The highest BCUT2D eigenvalue weighted by Gasteiger charge is 2.23. The number of ether oxygens (including phenoxy) is 1. The molecule has 8 heteroatoms. The van der Waals surface area contributed by atoms with E-state index in [0.29, 0.717) is 19.7 Å². The molecule has 154 valence electrons. The van der Waals surface area contributed by atoms with Crippen LogP contribution in [-0.4, -0.2) is 57.6 Å². The van der Waals surface area contributed by atoms with Gasteiger partial charge in [0.2, 0.25) is 11.9 Å². The minimum absolute atomic E-state index is 0.00461. The Kier molecular flexibility index (Phi) is 5.80. The van der Waals surface area contributed by atoms with Crippen LogP contribution in [0.4, 0.5) is 5.95 Å². The van der Waals surface area contributed by atoms with Crippen LogP contribution in [0.15, 0.2) is 36.5 Å². The van der Waals surface area contributed by atoms with Crippen LogP contribution < -0.4 is 10.2 Å². The van der Waals surface area contributed by atoms with Gasteiger partial charge in [-0.05, 0) is 30.9 Å². The number of carbonyl (C=O) groups excluding carboxylic acids is 1. The fourth-order valence-electron chi connectivity index (χ4n) is 3.84. The number of para-hydroxylation sites is 1. The lowest BCUT2D eigenvalue weighted by Crippen LogP contribution is -2.42. The maximum absolute atomic E-state index is 11.2. The third-order valence-corrected chi connectivity index (χ3v) is 5.26. The summed E-state index contributed by atoms with van der Waals surface area (Å²) in [5.74, 6) is 1.80. The van der Waals surface area contributed by atoms with Gasteiger partial charge in [0.25, 0.3) is 0 Å². The number of hydrogen-bond donors (Lipinski definition) is 1. The fourth-order valence-corrected chi connectivity index (χ4v) is 3.84. The quantitative estimate of drug-likeness (QED) is 0.619. The Morgan fingerprint density at radius 3 is 2.97 bits per heavy atom. The summed E-state index contributed by atoms with van der Waals surface area (Å²) < 4.78 is 10.1. The predicted molar refractivity (Wildman–Crippen MR) is 112 cm³/mol. The summed E-state index contributed by atoms with van der Waals surface area (Å²) in [6, 6.07) is 10.5. The van der Waals surface area contributed by atoms with Gasteiger partial charge in [-0.2, -0.15) is 0 Å². The monoisotopic (exact) mass is 396 g/mol. The van der Waals surface area contributed by atoms with Gasteiger partial charge >= 0.3 is 0 Å². The van der Waals surface area contributed by atoms with Gasteiger partial charge in [-0.15, -0.1) is 10.2 Å². The number of rotatable bonds is 7. The summed E-state index contributed by atoms with van der Waals surface area (Å²) >= 11 is 0. The van der Waals surface area contributed by atoms with Crippen LogP contribution in [0.3, 0.4) is 0 Å². The topological polar surface area (TPSA) is 77.2 Å². The molecule has 1 amide bonds. The van der Waals surface area contributed by atoms with Crippen molar-refractivity contribution in [1.29, 1.82) is 0 Å². The van der Waals surface area contributed by atoms with Gasteiger partial charge in [-0.1, -0.05) is 18.2 Å². The van der Waals surface area contributed by atoms with Crippen molar-refractivity contribution in [1.82, 2.24) is 24.6 Å². The zero-order valence-corrected chi connectivity index (χ0v) is 17.0. The predicted octanol–water partition coefficient (Wildman–Crippen LogP) is 2.03. The maximum Gasteiger partial charge on any atom is 0.227 e. The van der Waals surface area contributed by atoms with E-state index in [-0.39, 0.29) is 12.0 Å². The molecule has 1 unspecified atom stereocenters. The number of carbonyl (C=O) groups is 1. The molecule has 1 aliphatic rings. The molecule has 1 N–H and O–H groups in total. The van der Waals surface area contributed by atoms with Gasteiger partial charge in [0, 0.05) is 44.8 Å². The first-order chi connectivity index (χ1) is 14.1. The first-order valence-electron chi connectivity index (χ1n) is 10.2. The average molecular weight is 396 g/mol. The highest BCUT2D eigenvalue weighted by molar-refractivity contribution is 5.80. The van der Waals surface area contributed by atoms with Crippen LogP contribution in [0, 0.1) is 0 Å². The lowest BCUT2D eigenvalue weighted by molar-refractivity contribution is -0.118. The molecule has 0 radical (unpaired) electrons. The van der Waals surface area contributed by atoms with Gasteiger partial charge < -0.3 is 19.5 Å². The molecule has 29 heavy (non-hydrogen) atoms. The standard InChI is InChI=1S/C21H28N6O2/c1-16-14-26(12-13-29-16)21-24-23-20(27(21)10-5-9-22-17(2)28)15-25-11-8-18-6-3-4-7-19(18)25/h3-4,6-8,11,16H,5,9-10,12-15H2,1-2H3,(H,22,28). The SMILES string of the molecule is CC(=O)NCCCn1c(Cn2ccc3ccccc32)nnc1N1CCOC(C)C1. The molecule has 1 atom stereocenters. The zero-order chi connectivity index (χ0) is 20.2. The minimum atomic E-state index is -0.00461. The van der Waals surface area contributed by atoms with Gasteiger partial charge in [0.15, 0.2) is 5.82 Å². The molecule has 3 aromatic rings. The van der Waals surface area contributed by atoms with E-state index in [2.05, 4.69) is 73.0 Å². The number of benzene rings is 1. The molecular formula is C21H28N6O2. The molecule has 8 nitrogen and oxygen atoms in total. The Labute approximate surface area is 170 Å². The molecule has 1 aliphatic heterocycles. The number of nitrogens with one attached hydrogen (secondary N) is 1. The molecule has 0 saturated carbocycles. The van der Waals surface area contributed by atoms with Crippen molar-refractivity contribution < 1.29 is 9.53 Å². The third kappa shape index (κ3) is 4.42. The Hall–Kier alpha value is -2.87. The molecule has 4 rings (SSSR count). The van der Waals surface area contributed by atoms with Crippen LogP contribution in [-0.2, 0) is 22.6 Å². The summed E-state index contributed by atoms with van der Waals surface area (Å²) in [6.07, 6.45) is 3.09. The van der Waals surface area contributed by atoms with E-state index in [1.54, 1.807) is 6.92 Å². The second kappa shape index (κ2) is 8.65. The van der Waals surface area contributed by atoms with Crippen LogP contribution in [0.5, 0.6) is 0 Å². The first kappa shape index (κ1) is 19.4. The average Bonchev–Trinajstić information content (AvgIpc) is 3.30. The van der Waals surface area contributed by atoms with Crippen molar-refractivity contribution in [2.24, 2.45) is 0 Å². The van der Waals surface area contributed by atoms with Crippen molar-refractivity contribution in [3.63, 3.8) is 0 Å². The molecule has 1 aromatic carbocycles. The molecular weight excluding hydrogens is 368 g/mol. The number of nitrogens with zero attached hydrogens (tertiary/aromatic N) is 5.